The summed E-state index contributed by atoms with van der Waals surface area (Å²) in [5, 5.41) is 13.9. The summed E-state index contributed by atoms with van der Waals surface area (Å²) < 4.78 is 23.6. The van der Waals surface area contributed by atoms with E-state index in [9.17, 15) is 19.4 Å². The number of rotatable bonds is 48. The third-order valence-electron chi connectivity index (χ3n) is 11.9. The number of amides is 1. The third kappa shape index (κ3) is 46.8. The molecule has 9 heteroatoms. The van der Waals surface area contributed by atoms with Gasteiger partial charge in [0, 0.05) is 6.42 Å². The van der Waals surface area contributed by atoms with E-state index >= 15 is 0 Å². The number of unbranched alkanes of at least 4 members (excludes halogenated alkanes) is 33. The average molecular weight is 884 g/mol. The predicted octanol–water partition coefficient (Wildman–Crippen LogP) is 15.3. The summed E-state index contributed by atoms with van der Waals surface area (Å²) in [4.78, 5) is 23.2. The summed E-state index contributed by atoms with van der Waals surface area (Å²) in [7, 11) is 1.57. The summed E-state index contributed by atoms with van der Waals surface area (Å²) in [6.07, 6.45) is 54.1. The van der Waals surface area contributed by atoms with Gasteiger partial charge in [0.25, 0.3) is 0 Å². The molecule has 3 unspecified atom stereocenters. The third-order valence-corrected chi connectivity index (χ3v) is 12.9. The van der Waals surface area contributed by atoms with E-state index < -0.39 is 20.0 Å². The lowest BCUT2D eigenvalue weighted by molar-refractivity contribution is -0.870. The van der Waals surface area contributed by atoms with Crippen LogP contribution in [0.2, 0.25) is 0 Å². The molecule has 0 aliphatic heterocycles. The molecule has 0 heterocycles. The Kier molecular flexibility index (Phi) is 43.5. The van der Waals surface area contributed by atoms with E-state index in [1.54, 1.807) is 6.08 Å². The highest BCUT2D eigenvalue weighted by molar-refractivity contribution is 7.47. The van der Waals surface area contributed by atoms with Gasteiger partial charge in [0.15, 0.2) is 0 Å². The van der Waals surface area contributed by atoms with E-state index in [1.165, 1.54) is 193 Å². The Morgan fingerprint density at radius 2 is 0.902 bits per heavy atom. The van der Waals surface area contributed by atoms with Gasteiger partial charge >= 0.3 is 7.82 Å². The molecule has 0 aromatic rings. The Hall–Kier alpha value is -1.02. The molecule has 0 aliphatic carbocycles. The molecule has 61 heavy (non-hydrogen) atoms. The lowest BCUT2D eigenvalue weighted by Gasteiger charge is -2.25. The van der Waals surface area contributed by atoms with Crippen molar-refractivity contribution in [2.24, 2.45) is 0 Å². The zero-order chi connectivity index (χ0) is 45.0. The number of hydrogen-bond acceptors (Lipinski definition) is 5. The average Bonchev–Trinajstić information content (AvgIpc) is 3.21. The van der Waals surface area contributed by atoms with E-state index in [1.807, 2.05) is 27.2 Å². The summed E-state index contributed by atoms with van der Waals surface area (Å²) in [5.41, 5.74) is 0. The molecule has 0 aliphatic rings. The molecular formula is C52H104N2O6P+. The summed E-state index contributed by atoms with van der Waals surface area (Å²) in [6, 6.07) is -0.859. The molecule has 3 atom stereocenters. The van der Waals surface area contributed by atoms with Crippen molar-refractivity contribution in [3.05, 3.63) is 24.3 Å². The van der Waals surface area contributed by atoms with Crippen LogP contribution in [-0.4, -0.2) is 73.4 Å². The minimum Gasteiger partial charge on any atom is -0.387 e. The van der Waals surface area contributed by atoms with E-state index in [0.29, 0.717) is 17.4 Å². The van der Waals surface area contributed by atoms with E-state index in [-0.39, 0.29) is 19.1 Å². The van der Waals surface area contributed by atoms with Gasteiger partial charge in [-0.1, -0.05) is 237 Å². The molecule has 0 saturated carbocycles. The van der Waals surface area contributed by atoms with Gasteiger partial charge in [0.05, 0.1) is 39.9 Å². The maximum atomic E-state index is 12.9. The fourth-order valence-electron chi connectivity index (χ4n) is 7.77. The minimum atomic E-state index is -4.35. The number of carbonyl (C=O) groups excluding carboxylic acids is 1. The van der Waals surface area contributed by atoms with Crippen LogP contribution >= 0.6 is 7.82 Å². The Morgan fingerprint density at radius 1 is 0.541 bits per heavy atom. The molecule has 0 spiro atoms. The second-order valence-electron chi connectivity index (χ2n) is 19.3. The van der Waals surface area contributed by atoms with Crippen molar-refractivity contribution in [1.82, 2.24) is 5.32 Å². The van der Waals surface area contributed by atoms with Crippen LogP contribution < -0.4 is 5.32 Å². The number of quaternary nitrogens is 1. The minimum absolute atomic E-state index is 0.0586. The molecule has 8 nitrogen and oxygen atoms in total. The van der Waals surface area contributed by atoms with Crippen molar-refractivity contribution < 1.29 is 32.9 Å². The maximum absolute atomic E-state index is 12.9. The largest absolute Gasteiger partial charge is 0.472 e. The smallest absolute Gasteiger partial charge is 0.387 e. The van der Waals surface area contributed by atoms with Crippen LogP contribution in [0, 0.1) is 0 Å². The van der Waals surface area contributed by atoms with Gasteiger partial charge in [-0.15, -0.1) is 0 Å². The second-order valence-corrected chi connectivity index (χ2v) is 20.7. The first-order chi connectivity index (χ1) is 29.5. The van der Waals surface area contributed by atoms with E-state index in [0.717, 1.165) is 38.5 Å². The normalized spacial score (nSPS) is 14.3. The first-order valence-corrected chi connectivity index (χ1v) is 27.7. The van der Waals surface area contributed by atoms with Crippen molar-refractivity contribution in [3.63, 3.8) is 0 Å². The second kappa shape index (κ2) is 44.2. The first-order valence-electron chi connectivity index (χ1n) is 26.2. The Balaban J connectivity index is 4.31. The molecule has 0 aromatic heterocycles. The molecular weight excluding hydrogens is 780 g/mol. The molecule has 0 fully saturated rings. The number of likely N-dealkylation sites (N-methyl/N-ethyl adjacent to an activating group) is 1. The van der Waals surface area contributed by atoms with Gasteiger partial charge in [0.1, 0.15) is 13.2 Å². The van der Waals surface area contributed by atoms with Crippen LogP contribution in [0.5, 0.6) is 0 Å². The monoisotopic (exact) mass is 884 g/mol. The number of nitrogens with zero attached hydrogens (tertiary/aromatic N) is 1. The topological polar surface area (TPSA) is 105 Å². The van der Waals surface area contributed by atoms with Crippen molar-refractivity contribution >= 4 is 13.7 Å². The molecule has 0 bridgehead atoms. The van der Waals surface area contributed by atoms with Crippen molar-refractivity contribution in [2.45, 2.75) is 264 Å². The SMILES string of the molecule is CCCCCCCCCCCCCCC/C=C/CC/C=C/C(O)C(COP(=O)(O)OCC[N+](C)(C)C)NC(=O)CCCCCCCCCCCCCCCCCCCCCC. The standard InChI is InChI=1S/C52H103N2O6P/c1-6-8-10-12-14-16-18-20-22-24-26-28-30-32-34-36-38-40-42-44-46-52(56)53-50(49-60-61(57,58)59-48-47-54(3,4)5)51(55)45-43-41-39-37-35-33-31-29-27-25-23-21-19-17-15-13-11-9-7-2/h35,37,43,45,50-51,55H,6-34,36,38-42,44,46-49H2,1-5H3,(H-,53,56,57,58)/p+1/b37-35+,45-43+. The van der Waals surface area contributed by atoms with Crippen molar-refractivity contribution in [1.29, 1.82) is 0 Å². The van der Waals surface area contributed by atoms with Crippen LogP contribution in [0.15, 0.2) is 24.3 Å². The number of phosphoric acid groups is 1. The van der Waals surface area contributed by atoms with Gasteiger partial charge in [-0.3, -0.25) is 13.8 Å². The lowest BCUT2D eigenvalue weighted by Crippen LogP contribution is -2.45. The fraction of sp³-hybridized carbons (Fsp3) is 0.904. The molecule has 0 rings (SSSR count). The van der Waals surface area contributed by atoms with Crippen LogP contribution in [0.3, 0.4) is 0 Å². The molecule has 0 radical (unpaired) electrons. The van der Waals surface area contributed by atoms with Gasteiger partial charge in [0.2, 0.25) is 5.91 Å². The van der Waals surface area contributed by atoms with Crippen molar-refractivity contribution in [3.8, 4) is 0 Å². The van der Waals surface area contributed by atoms with Crippen molar-refractivity contribution in [2.75, 3.05) is 40.9 Å². The molecule has 0 aromatic carbocycles. The Labute approximate surface area is 379 Å². The van der Waals surface area contributed by atoms with Crippen LogP contribution in [-0.2, 0) is 18.4 Å². The van der Waals surface area contributed by atoms with Crippen LogP contribution in [0.25, 0.3) is 0 Å². The van der Waals surface area contributed by atoms with E-state index in [2.05, 4.69) is 31.3 Å². The molecule has 0 saturated heterocycles. The predicted molar refractivity (Wildman–Crippen MR) is 263 cm³/mol. The Morgan fingerprint density at radius 3 is 1.31 bits per heavy atom. The number of nitrogens with one attached hydrogen (secondary N) is 1. The molecule has 362 valence electrons. The van der Waals surface area contributed by atoms with Crippen LogP contribution in [0.1, 0.15) is 251 Å². The summed E-state index contributed by atoms with van der Waals surface area (Å²) in [5.74, 6) is -0.182. The zero-order valence-corrected chi connectivity index (χ0v) is 42.1. The summed E-state index contributed by atoms with van der Waals surface area (Å²) in [6.45, 7) is 4.83. The number of carbonyl (C=O) groups is 1. The van der Waals surface area contributed by atoms with Gasteiger partial charge < -0.3 is 19.8 Å². The highest BCUT2D eigenvalue weighted by Crippen LogP contribution is 2.43. The number of allylic oxidation sites excluding steroid dienone is 3. The van der Waals surface area contributed by atoms with E-state index in [4.69, 9.17) is 9.05 Å². The summed E-state index contributed by atoms with van der Waals surface area (Å²) >= 11 is 0. The van der Waals surface area contributed by atoms with Gasteiger partial charge in [-0.05, 0) is 32.1 Å². The maximum Gasteiger partial charge on any atom is 0.472 e. The number of aliphatic hydroxyl groups is 1. The molecule has 1 amide bonds. The molecule has 3 N–H and O–H groups in total. The first kappa shape index (κ1) is 60.0. The quantitative estimate of drug-likeness (QED) is 0.0243. The number of hydrogen-bond donors (Lipinski definition) is 3. The fourth-order valence-corrected chi connectivity index (χ4v) is 8.50. The number of aliphatic hydroxyl groups excluding tert-OH is 1. The highest BCUT2D eigenvalue weighted by atomic mass is 31.2. The van der Waals surface area contributed by atoms with Gasteiger partial charge in [-0.25, -0.2) is 4.57 Å². The highest BCUT2D eigenvalue weighted by Gasteiger charge is 2.27. The van der Waals surface area contributed by atoms with Gasteiger partial charge in [-0.2, -0.15) is 0 Å². The van der Waals surface area contributed by atoms with Crippen LogP contribution in [0.4, 0.5) is 0 Å². The number of phosphoric ester groups is 1. The Bertz CT molecular complexity index is 1050. The lowest BCUT2D eigenvalue weighted by atomic mass is 10.0. The zero-order valence-electron chi connectivity index (χ0n) is 41.2.